The second-order valence-corrected chi connectivity index (χ2v) is 7.54. The van der Waals surface area contributed by atoms with E-state index in [1.165, 1.54) is 17.7 Å². The highest BCUT2D eigenvalue weighted by Gasteiger charge is 2.19. The molecule has 0 aliphatic heterocycles. The zero-order valence-corrected chi connectivity index (χ0v) is 16.3. The Morgan fingerprint density at radius 2 is 2.03 bits per heavy atom. The van der Waals surface area contributed by atoms with E-state index in [0.29, 0.717) is 5.82 Å². The molecule has 146 valence electrons. The molecule has 0 atom stereocenters. The molecule has 4 aromatic rings. The lowest BCUT2D eigenvalue weighted by atomic mass is 9.96. The van der Waals surface area contributed by atoms with Crippen molar-refractivity contribution >= 4 is 22.5 Å². The third-order valence-electron chi connectivity index (χ3n) is 5.57. The number of amides is 1. The summed E-state index contributed by atoms with van der Waals surface area (Å²) < 4.78 is 1.86. The van der Waals surface area contributed by atoms with Crippen LogP contribution in [0.15, 0.2) is 42.9 Å². The first kappa shape index (κ1) is 17.6. The van der Waals surface area contributed by atoms with Crippen LogP contribution in [-0.4, -0.2) is 30.9 Å². The summed E-state index contributed by atoms with van der Waals surface area (Å²) >= 11 is 0. The van der Waals surface area contributed by atoms with Crippen molar-refractivity contribution < 1.29 is 4.79 Å². The van der Waals surface area contributed by atoms with Crippen LogP contribution < -0.4 is 5.32 Å². The number of anilines is 1. The van der Waals surface area contributed by atoms with Crippen LogP contribution in [0.4, 0.5) is 5.82 Å². The Balaban J connectivity index is 1.36. The summed E-state index contributed by atoms with van der Waals surface area (Å²) in [6.45, 7) is 2.24. The summed E-state index contributed by atoms with van der Waals surface area (Å²) in [6.07, 6.45) is 9.85. The summed E-state index contributed by atoms with van der Waals surface area (Å²) in [7, 11) is 0. The molecule has 2 N–H and O–H groups in total. The van der Waals surface area contributed by atoms with Gasteiger partial charge in [-0.25, -0.2) is 4.98 Å². The van der Waals surface area contributed by atoms with E-state index in [9.17, 15) is 4.79 Å². The molecule has 0 fully saturated rings. The van der Waals surface area contributed by atoms with E-state index < -0.39 is 0 Å². The van der Waals surface area contributed by atoms with Crippen LogP contribution in [0.25, 0.3) is 21.9 Å². The fraction of sp³-hybridized carbons (Fsp3) is 0.273. The Morgan fingerprint density at radius 3 is 2.90 bits per heavy atom. The van der Waals surface area contributed by atoms with Crippen LogP contribution in [0.2, 0.25) is 0 Å². The van der Waals surface area contributed by atoms with E-state index in [1.54, 1.807) is 12.4 Å². The number of nitrogens with one attached hydrogen (secondary N) is 2. The number of aromatic amines is 1. The molecule has 3 heterocycles. The molecule has 0 saturated carbocycles. The van der Waals surface area contributed by atoms with Gasteiger partial charge in [-0.15, -0.1) is 0 Å². The van der Waals surface area contributed by atoms with Gasteiger partial charge in [0.25, 0.3) is 0 Å². The number of carbonyl (C=O) groups excluding carboxylic acids is 1. The van der Waals surface area contributed by atoms with Gasteiger partial charge in [-0.2, -0.15) is 10.2 Å². The number of pyridine rings is 1. The molecule has 0 saturated heterocycles. The summed E-state index contributed by atoms with van der Waals surface area (Å²) in [5, 5.41) is 16.4. The maximum atomic E-state index is 12.6. The van der Waals surface area contributed by atoms with E-state index in [4.69, 9.17) is 0 Å². The van der Waals surface area contributed by atoms with Gasteiger partial charge in [0.15, 0.2) is 0 Å². The SMILES string of the molecule is Cc1nn(CC(=O)Nc2cc3cc(-c4cn[nH]c4)ccc3cn2)c2c1CCCC2. The van der Waals surface area contributed by atoms with E-state index in [2.05, 4.69) is 31.7 Å². The van der Waals surface area contributed by atoms with Crippen LogP contribution in [-0.2, 0) is 24.2 Å². The third-order valence-corrected chi connectivity index (χ3v) is 5.57. The van der Waals surface area contributed by atoms with Crippen LogP contribution in [0.1, 0.15) is 29.8 Å². The molecule has 0 unspecified atom stereocenters. The number of fused-ring (bicyclic) bond motifs is 2. The van der Waals surface area contributed by atoms with Crippen LogP contribution >= 0.6 is 0 Å². The zero-order chi connectivity index (χ0) is 19.8. The Labute approximate surface area is 168 Å². The highest BCUT2D eigenvalue weighted by molar-refractivity contribution is 5.93. The number of H-pyrrole nitrogens is 1. The first-order valence-electron chi connectivity index (χ1n) is 9.91. The van der Waals surface area contributed by atoms with E-state index in [1.807, 2.05) is 36.0 Å². The van der Waals surface area contributed by atoms with Crippen molar-refractivity contribution in [3.8, 4) is 11.1 Å². The van der Waals surface area contributed by atoms with Gasteiger partial charge in [0.2, 0.25) is 5.91 Å². The Morgan fingerprint density at radius 1 is 1.14 bits per heavy atom. The maximum absolute atomic E-state index is 12.6. The van der Waals surface area contributed by atoms with Gasteiger partial charge in [0.1, 0.15) is 12.4 Å². The molecule has 5 rings (SSSR count). The van der Waals surface area contributed by atoms with Crippen LogP contribution in [0, 0.1) is 6.92 Å². The zero-order valence-electron chi connectivity index (χ0n) is 16.3. The van der Waals surface area contributed by atoms with Crippen molar-refractivity contribution in [3.63, 3.8) is 0 Å². The second-order valence-electron chi connectivity index (χ2n) is 7.54. The molecule has 1 amide bonds. The first-order chi connectivity index (χ1) is 14.2. The van der Waals surface area contributed by atoms with E-state index in [0.717, 1.165) is 46.9 Å². The normalized spacial score (nSPS) is 13.4. The Bertz CT molecular complexity index is 1190. The number of benzene rings is 1. The fourth-order valence-corrected chi connectivity index (χ4v) is 4.11. The quantitative estimate of drug-likeness (QED) is 0.560. The number of rotatable bonds is 4. The minimum atomic E-state index is -0.112. The smallest absolute Gasteiger partial charge is 0.247 e. The van der Waals surface area contributed by atoms with Gasteiger partial charge in [0.05, 0.1) is 11.9 Å². The number of carbonyl (C=O) groups is 1. The molecule has 7 heteroatoms. The van der Waals surface area contributed by atoms with Crippen molar-refractivity contribution in [1.82, 2.24) is 25.0 Å². The summed E-state index contributed by atoms with van der Waals surface area (Å²) in [5.41, 5.74) is 5.66. The first-order valence-corrected chi connectivity index (χ1v) is 9.91. The topological polar surface area (TPSA) is 88.5 Å². The number of aryl methyl sites for hydroxylation is 1. The molecule has 29 heavy (non-hydrogen) atoms. The number of aromatic nitrogens is 5. The molecule has 0 spiro atoms. The van der Waals surface area contributed by atoms with Crippen LogP contribution in [0.5, 0.6) is 0 Å². The van der Waals surface area contributed by atoms with Gasteiger partial charge in [-0.05, 0) is 61.3 Å². The van der Waals surface area contributed by atoms with E-state index >= 15 is 0 Å². The van der Waals surface area contributed by atoms with Gasteiger partial charge in [-0.1, -0.05) is 12.1 Å². The lowest BCUT2D eigenvalue weighted by Crippen LogP contribution is -2.22. The van der Waals surface area contributed by atoms with Gasteiger partial charge in [0, 0.05) is 29.0 Å². The molecule has 0 radical (unpaired) electrons. The van der Waals surface area contributed by atoms with Crippen molar-refractivity contribution in [2.75, 3.05) is 5.32 Å². The summed E-state index contributed by atoms with van der Waals surface area (Å²) in [4.78, 5) is 17.0. The second kappa shape index (κ2) is 7.16. The average Bonchev–Trinajstić information content (AvgIpc) is 3.37. The molecular weight excluding hydrogens is 364 g/mol. The van der Waals surface area contributed by atoms with Gasteiger partial charge < -0.3 is 5.32 Å². The minimum absolute atomic E-state index is 0.112. The lowest BCUT2D eigenvalue weighted by molar-refractivity contribution is -0.117. The number of hydrogen-bond acceptors (Lipinski definition) is 4. The summed E-state index contributed by atoms with van der Waals surface area (Å²) in [6, 6.07) is 8.04. The fourth-order valence-electron chi connectivity index (χ4n) is 4.11. The largest absolute Gasteiger partial charge is 0.309 e. The highest BCUT2D eigenvalue weighted by Crippen LogP contribution is 2.26. The molecule has 7 nitrogen and oxygen atoms in total. The Kier molecular flexibility index (Phi) is 4.35. The minimum Gasteiger partial charge on any atom is -0.309 e. The maximum Gasteiger partial charge on any atom is 0.247 e. The molecule has 1 aliphatic carbocycles. The summed E-state index contributed by atoms with van der Waals surface area (Å²) in [5.74, 6) is 0.434. The lowest BCUT2D eigenvalue weighted by Gasteiger charge is -2.14. The van der Waals surface area contributed by atoms with E-state index in [-0.39, 0.29) is 12.5 Å². The molecule has 1 aliphatic rings. The van der Waals surface area contributed by atoms with Crippen LogP contribution in [0.3, 0.4) is 0 Å². The highest BCUT2D eigenvalue weighted by atomic mass is 16.2. The third kappa shape index (κ3) is 3.40. The van der Waals surface area contributed by atoms with Crippen molar-refractivity contribution in [2.24, 2.45) is 0 Å². The van der Waals surface area contributed by atoms with Crippen molar-refractivity contribution in [2.45, 2.75) is 39.2 Å². The number of hydrogen-bond donors (Lipinski definition) is 2. The van der Waals surface area contributed by atoms with Crippen molar-refractivity contribution in [3.05, 3.63) is 59.8 Å². The predicted octanol–water partition coefficient (Wildman–Crippen LogP) is 3.65. The van der Waals surface area contributed by atoms with Gasteiger partial charge in [-0.3, -0.25) is 14.6 Å². The number of nitrogens with zero attached hydrogens (tertiary/aromatic N) is 4. The Hall–Kier alpha value is -3.48. The van der Waals surface area contributed by atoms with Crippen molar-refractivity contribution in [1.29, 1.82) is 0 Å². The van der Waals surface area contributed by atoms with Gasteiger partial charge >= 0.3 is 0 Å². The standard InChI is InChI=1S/C22H22N6O/c1-14-19-4-2-3-5-20(19)28(27-14)13-22(29)26-21-9-17-8-15(18-11-24-25-12-18)6-7-16(17)10-23-21/h6-12H,2-5,13H2,1H3,(H,24,25)(H,23,26,29). The predicted molar refractivity (Wildman–Crippen MR) is 112 cm³/mol. The molecular formula is C22H22N6O. The monoisotopic (exact) mass is 386 g/mol. The molecule has 0 bridgehead atoms. The molecule has 1 aromatic carbocycles. The molecule has 3 aromatic heterocycles. The average molecular weight is 386 g/mol.